The SMILES string of the molecule is CCC(C)N(CC(=O)O)C1CCCC(OC)C1. The van der Waals surface area contributed by atoms with Crippen LogP contribution in [-0.4, -0.2) is 47.8 Å². The van der Waals surface area contributed by atoms with E-state index < -0.39 is 5.97 Å². The Labute approximate surface area is 104 Å². The predicted octanol–water partition coefficient (Wildman–Crippen LogP) is 2.13. The summed E-state index contributed by atoms with van der Waals surface area (Å²) in [5.74, 6) is -0.732. The van der Waals surface area contributed by atoms with E-state index in [2.05, 4.69) is 18.7 Å². The van der Waals surface area contributed by atoms with Crippen molar-refractivity contribution in [3.05, 3.63) is 0 Å². The van der Waals surface area contributed by atoms with Gasteiger partial charge >= 0.3 is 5.97 Å². The average Bonchev–Trinajstić information content (AvgIpc) is 2.35. The van der Waals surface area contributed by atoms with E-state index in [9.17, 15) is 4.79 Å². The molecule has 3 atom stereocenters. The summed E-state index contributed by atoms with van der Waals surface area (Å²) in [4.78, 5) is 13.1. The fraction of sp³-hybridized carbons (Fsp3) is 0.923. The highest BCUT2D eigenvalue weighted by molar-refractivity contribution is 5.69. The lowest BCUT2D eigenvalue weighted by Gasteiger charge is -2.39. The third kappa shape index (κ3) is 4.28. The molecule has 0 aromatic rings. The van der Waals surface area contributed by atoms with Crippen LogP contribution in [0.15, 0.2) is 0 Å². The zero-order chi connectivity index (χ0) is 12.8. The molecule has 0 aliphatic heterocycles. The van der Waals surface area contributed by atoms with E-state index in [-0.39, 0.29) is 6.54 Å². The van der Waals surface area contributed by atoms with E-state index in [1.165, 1.54) is 0 Å². The molecule has 0 spiro atoms. The maximum atomic E-state index is 11.0. The predicted molar refractivity (Wildman–Crippen MR) is 67.1 cm³/mol. The van der Waals surface area contributed by atoms with Gasteiger partial charge in [0.05, 0.1) is 12.6 Å². The Morgan fingerprint density at radius 2 is 2.24 bits per heavy atom. The minimum atomic E-state index is -0.732. The quantitative estimate of drug-likeness (QED) is 0.776. The minimum Gasteiger partial charge on any atom is -0.480 e. The first-order chi connectivity index (χ1) is 8.08. The number of carboxylic acids is 1. The molecule has 1 N–H and O–H groups in total. The van der Waals surface area contributed by atoms with Gasteiger partial charge in [-0.05, 0) is 39.0 Å². The Morgan fingerprint density at radius 1 is 1.53 bits per heavy atom. The molecule has 0 aromatic heterocycles. The van der Waals surface area contributed by atoms with E-state index in [1.807, 2.05) is 0 Å². The number of ether oxygens (including phenoxy) is 1. The normalized spacial score (nSPS) is 27.1. The van der Waals surface area contributed by atoms with Gasteiger partial charge in [-0.2, -0.15) is 0 Å². The summed E-state index contributed by atoms with van der Waals surface area (Å²) in [7, 11) is 1.75. The van der Waals surface area contributed by atoms with Gasteiger partial charge < -0.3 is 9.84 Å². The highest BCUT2D eigenvalue weighted by Gasteiger charge is 2.30. The zero-order valence-electron chi connectivity index (χ0n) is 11.2. The summed E-state index contributed by atoms with van der Waals surface area (Å²) in [5, 5.41) is 9.01. The van der Waals surface area contributed by atoms with Crippen LogP contribution >= 0.6 is 0 Å². The summed E-state index contributed by atoms with van der Waals surface area (Å²) in [6, 6.07) is 0.687. The first-order valence-electron chi connectivity index (χ1n) is 6.58. The summed E-state index contributed by atoms with van der Waals surface area (Å²) in [5.41, 5.74) is 0. The molecule has 3 unspecified atom stereocenters. The first kappa shape index (κ1) is 14.5. The van der Waals surface area contributed by atoms with Crippen LogP contribution in [0.25, 0.3) is 0 Å². The van der Waals surface area contributed by atoms with Crippen LogP contribution in [0, 0.1) is 0 Å². The molecule has 1 aliphatic carbocycles. The van der Waals surface area contributed by atoms with Gasteiger partial charge in [0, 0.05) is 19.2 Å². The van der Waals surface area contributed by atoms with Crippen LogP contribution in [-0.2, 0) is 9.53 Å². The molecule has 0 radical (unpaired) electrons. The largest absolute Gasteiger partial charge is 0.480 e. The van der Waals surface area contributed by atoms with E-state index in [0.29, 0.717) is 18.2 Å². The van der Waals surface area contributed by atoms with E-state index in [4.69, 9.17) is 9.84 Å². The fourth-order valence-corrected chi connectivity index (χ4v) is 2.67. The van der Waals surface area contributed by atoms with Gasteiger partial charge in [-0.15, -0.1) is 0 Å². The minimum absolute atomic E-state index is 0.149. The Hall–Kier alpha value is -0.610. The third-order valence-corrected chi connectivity index (χ3v) is 3.88. The summed E-state index contributed by atoms with van der Waals surface area (Å²) in [6.07, 6.45) is 5.59. The van der Waals surface area contributed by atoms with Gasteiger partial charge in [0.2, 0.25) is 0 Å². The van der Waals surface area contributed by atoms with Crippen molar-refractivity contribution in [1.82, 2.24) is 4.90 Å². The van der Waals surface area contributed by atoms with Crippen LogP contribution in [0.2, 0.25) is 0 Å². The second kappa shape index (κ2) is 6.97. The topological polar surface area (TPSA) is 49.8 Å². The Balaban J connectivity index is 2.64. The van der Waals surface area contributed by atoms with Gasteiger partial charge in [-0.25, -0.2) is 0 Å². The molecule has 1 rings (SSSR count). The van der Waals surface area contributed by atoms with Crippen LogP contribution in [0.5, 0.6) is 0 Å². The number of nitrogens with zero attached hydrogens (tertiary/aromatic N) is 1. The molecule has 100 valence electrons. The van der Waals surface area contributed by atoms with Crippen LogP contribution in [0.3, 0.4) is 0 Å². The summed E-state index contributed by atoms with van der Waals surface area (Å²) < 4.78 is 5.42. The average molecular weight is 243 g/mol. The molecule has 17 heavy (non-hydrogen) atoms. The molecule has 4 heteroatoms. The van der Waals surface area contributed by atoms with Crippen molar-refractivity contribution in [2.24, 2.45) is 0 Å². The van der Waals surface area contributed by atoms with E-state index in [1.54, 1.807) is 7.11 Å². The molecule has 1 saturated carbocycles. The van der Waals surface area contributed by atoms with Gasteiger partial charge in [-0.1, -0.05) is 6.92 Å². The molecule has 0 heterocycles. The zero-order valence-corrected chi connectivity index (χ0v) is 11.2. The van der Waals surface area contributed by atoms with Crippen LogP contribution in [0.4, 0.5) is 0 Å². The van der Waals surface area contributed by atoms with Crippen LogP contribution < -0.4 is 0 Å². The van der Waals surface area contributed by atoms with Gasteiger partial charge in [0.15, 0.2) is 0 Å². The number of hydrogen-bond acceptors (Lipinski definition) is 3. The van der Waals surface area contributed by atoms with Gasteiger partial charge in [-0.3, -0.25) is 9.69 Å². The molecule has 0 saturated heterocycles. The fourth-order valence-electron chi connectivity index (χ4n) is 2.67. The molecule has 1 fully saturated rings. The highest BCUT2D eigenvalue weighted by Crippen LogP contribution is 2.26. The van der Waals surface area contributed by atoms with Crippen molar-refractivity contribution in [2.45, 2.75) is 64.1 Å². The van der Waals surface area contributed by atoms with Crippen molar-refractivity contribution in [3.8, 4) is 0 Å². The number of aliphatic carboxylic acids is 1. The Morgan fingerprint density at radius 3 is 2.76 bits per heavy atom. The van der Waals surface area contributed by atoms with Gasteiger partial charge in [0.25, 0.3) is 0 Å². The Bertz CT molecular complexity index is 245. The van der Waals surface area contributed by atoms with Crippen molar-refractivity contribution in [3.63, 3.8) is 0 Å². The second-order valence-corrected chi connectivity index (χ2v) is 5.00. The number of carboxylic acid groups (broad SMARTS) is 1. The molecule has 0 aromatic carbocycles. The molecule has 0 amide bonds. The maximum Gasteiger partial charge on any atom is 0.317 e. The van der Waals surface area contributed by atoms with Crippen LogP contribution in [0.1, 0.15) is 46.0 Å². The molecular weight excluding hydrogens is 218 g/mol. The highest BCUT2D eigenvalue weighted by atomic mass is 16.5. The summed E-state index contributed by atoms with van der Waals surface area (Å²) >= 11 is 0. The third-order valence-electron chi connectivity index (χ3n) is 3.88. The lowest BCUT2D eigenvalue weighted by Crippen LogP contribution is -2.47. The smallest absolute Gasteiger partial charge is 0.317 e. The van der Waals surface area contributed by atoms with Crippen molar-refractivity contribution in [2.75, 3.05) is 13.7 Å². The molecule has 0 bridgehead atoms. The monoisotopic (exact) mass is 243 g/mol. The van der Waals surface area contributed by atoms with Crippen molar-refractivity contribution >= 4 is 5.97 Å². The second-order valence-electron chi connectivity index (χ2n) is 5.00. The molecule has 1 aliphatic rings. The number of rotatable bonds is 6. The maximum absolute atomic E-state index is 11.0. The van der Waals surface area contributed by atoms with Gasteiger partial charge in [0.1, 0.15) is 0 Å². The van der Waals surface area contributed by atoms with Crippen molar-refractivity contribution < 1.29 is 14.6 Å². The molecule has 4 nitrogen and oxygen atoms in total. The lowest BCUT2D eigenvalue weighted by atomic mass is 9.90. The number of methoxy groups -OCH3 is 1. The standard InChI is InChI=1S/C13H25NO3/c1-4-10(2)14(9-13(15)16)11-6-5-7-12(8-11)17-3/h10-12H,4-9H2,1-3H3,(H,15,16). The Kier molecular flexibility index (Phi) is 5.92. The van der Waals surface area contributed by atoms with E-state index in [0.717, 1.165) is 32.1 Å². The molecular formula is C13H25NO3. The number of hydrogen-bond donors (Lipinski definition) is 1. The summed E-state index contributed by atoms with van der Waals surface area (Å²) in [6.45, 7) is 4.37. The van der Waals surface area contributed by atoms with E-state index >= 15 is 0 Å². The lowest BCUT2D eigenvalue weighted by molar-refractivity contribution is -0.140. The number of carbonyl (C=O) groups is 1. The van der Waals surface area contributed by atoms with Crippen molar-refractivity contribution in [1.29, 1.82) is 0 Å². The first-order valence-corrected chi connectivity index (χ1v) is 6.58.